The first-order valence-corrected chi connectivity index (χ1v) is 11.9. The van der Waals surface area contributed by atoms with Crippen LogP contribution in [0.4, 0.5) is 5.69 Å². The van der Waals surface area contributed by atoms with Gasteiger partial charge in [0.05, 0.1) is 15.8 Å². The van der Waals surface area contributed by atoms with E-state index in [1.165, 1.54) is 38.0 Å². The minimum Gasteiger partial charge on any atom is -0.325 e. The van der Waals surface area contributed by atoms with E-state index in [9.17, 15) is 13.2 Å². The van der Waals surface area contributed by atoms with Crippen LogP contribution in [0, 0.1) is 6.92 Å². The van der Waals surface area contributed by atoms with Gasteiger partial charge in [0.15, 0.2) is 0 Å². The summed E-state index contributed by atoms with van der Waals surface area (Å²) in [7, 11) is -0.560. The third-order valence-electron chi connectivity index (χ3n) is 4.45. The molecule has 1 N–H and O–H groups in total. The molecule has 1 heterocycles. The second-order valence-electron chi connectivity index (χ2n) is 7.07. The van der Waals surface area contributed by atoms with Crippen LogP contribution in [0.15, 0.2) is 70.6 Å². The van der Waals surface area contributed by atoms with Crippen molar-refractivity contribution in [1.82, 2.24) is 14.3 Å². The van der Waals surface area contributed by atoms with E-state index in [2.05, 4.69) is 15.3 Å². The van der Waals surface area contributed by atoms with Crippen molar-refractivity contribution in [3.05, 3.63) is 66.5 Å². The molecule has 2 aromatic carbocycles. The molecule has 0 saturated carbocycles. The van der Waals surface area contributed by atoms with Crippen molar-refractivity contribution in [2.24, 2.45) is 0 Å². The number of nitrogens with one attached hydrogen (secondary N) is 1. The molecule has 0 aliphatic rings. The SMILES string of the molecule is Cc1nc(SC(C)C(=O)Nc2ccc(S(=O)(=O)N(C)C)cc2)cc(-c2ccccc2)n1. The van der Waals surface area contributed by atoms with Crippen LogP contribution in [0.25, 0.3) is 11.3 Å². The highest BCUT2D eigenvalue weighted by atomic mass is 32.2. The van der Waals surface area contributed by atoms with Crippen molar-refractivity contribution in [2.45, 2.75) is 29.0 Å². The quantitative estimate of drug-likeness (QED) is 0.429. The van der Waals surface area contributed by atoms with Crippen molar-refractivity contribution < 1.29 is 13.2 Å². The Morgan fingerprint density at radius 3 is 2.29 bits per heavy atom. The lowest BCUT2D eigenvalue weighted by Gasteiger charge is -2.14. The van der Waals surface area contributed by atoms with Gasteiger partial charge in [-0.3, -0.25) is 4.79 Å². The van der Waals surface area contributed by atoms with Gasteiger partial charge in [0.1, 0.15) is 10.9 Å². The molecule has 3 rings (SSSR count). The molecule has 3 aromatic rings. The molecule has 0 radical (unpaired) electrons. The van der Waals surface area contributed by atoms with E-state index in [4.69, 9.17) is 0 Å². The first kappa shape index (κ1) is 22.9. The number of carbonyl (C=O) groups excluding carboxylic acids is 1. The van der Waals surface area contributed by atoms with Crippen LogP contribution in [0.5, 0.6) is 0 Å². The Bertz CT molecular complexity index is 1170. The molecule has 7 nitrogen and oxygen atoms in total. The van der Waals surface area contributed by atoms with E-state index in [-0.39, 0.29) is 10.8 Å². The lowest BCUT2D eigenvalue weighted by atomic mass is 10.1. The lowest BCUT2D eigenvalue weighted by molar-refractivity contribution is -0.115. The van der Waals surface area contributed by atoms with Crippen molar-refractivity contribution >= 4 is 33.4 Å². The zero-order chi connectivity index (χ0) is 22.6. The fourth-order valence-corrected chi connectivity index (χ4v) is 4.55. The van der Waals surface area contributed by atoms with E-state index in [0.717, 1.165) is 15.6 Å². The number of rotatable bonds is 7. The summed E-state index contributed by atoms with van der Waals surface area (Å²) in [6, 6.07) is 17.8. The maximum atomic E-state index is 12.6. The van der Waals surface area contributed by atoms with Crippen molar-refractivity contribution in [3.63, 3.8) is 0 Å². The van der Waals surface area contributed by atoms with Crippen molar-refractivity contribution in [3.8, 4) is 11.3 Å². The Balaban J connectivity index is 1.69. The molecule has 162 valence electrons. The van der Waals surface area contributed by atoms with Gasteiger partial charge in [0, 0.05) is 25.3 Å². The first-order chi connectivity index (χ1) is 14.7. The standard InChI is InChI=1S/C22H24N4O3S2/c1-15(22(27)25-18-10-12-19(13-11-18)31(28,29)26(3)4)30-21-14-20(23-16(2)24-21)17-8-6-5-7-9-17/h5-15H,1-4H3,(H,25,27). The summed E-state index contributed by atoms with van der Waals surface area (Å²) in [5.74, 6) is 0.430. The van der Waals surface area contributed by atoms with Gasteiger partial charge in [-0.1, -0.05) is 42.1 Å². The molecule has 1 unspecified atom stereocenters. The minimum atomic E-state index is -3.51. The molecular weight excluding hydrogens is 432 g/mol. The molecule has 0 aliphatic heterocycles. The topological polar surface area (TPSA) is 92.3 Å². The van der Waals surface area contributed by atoms with Gasteiger partial charge in [0.25, 0.3) is 0 Å². The monoisotopic (exact) mass is 456 g/mol. The van der Waals surface area contributed by atoms with E-state index in [0.29, 0.717) is 16.5 Å². The van der Waals surface area contributed by atoms with Gasteiger partial charge in [0.2, 0.25) is 15.9 Å². The number of anilines is 1. The largest absolute Gasteiger partial charge is 0.325 e. The Morgan fingerprint density at radius 2 is 1.68 bits per heavy atom. The van der Waals surface area contributed by atoms with Gasteiger partial charge < -0.3 is 5.32 Å². The number of carbonyl (C=O) groups is 1. The van der Waals surface area contributed by atoms with Crippen molar-refractivity contribution in [2.75, 3.05) is 19.4 Å². The number of nitrogens with zero attached hydrogens (tertiary/aromatic N) is 3. The summed E-state index contributed by atoms with van der Waals surface area (Å²) < 4.78 is 25.5. The van der Waals surface area contributed by atoms with Crippen LogP contribution in [-0.2, 0) is 14.8 Å². The highest BCUT2D eigenvalue weighted by Crippen LogP contribution is 2.27. The smallest absolute Gasteiger partial charge is 0.242 e. The average molecular weight is 457 g/mol. The first-order valence-electron chi connectivity index (χ1n) is 9.58. The maximum Gasteiger partial charge on any atom is 0.242 e. The Labute approximate surface area is 187 Å². The fraction of sp³-hybridized carbons (Fsp3) is 0.227. The molecule has 0 bridgehead atoms. The third-order valence-corrected chi connectivity index (χ3v) is 7.30. The highest BCUT2D eigenvalue weighted by Gasteiger charge is 2.19. The second-order valence-corrected chi connectivity index (χ2v) is 10.6. The molecule has 1 atom stereocenters. The van der Waals surface area contributed by atoms with Crippen LogP contribution in [0.1, 0.15) is 12.7 Å². The Morgan fingerprint density at radius 1 is 1.03 bits per heavy atom. The number of benzene rings is 2. The Kier molecular flexibility index (Phi) is 7.09. The molecule has 31 heavy (non-hydrogen) atoms. The number of amides is 1. The molecular formula is C22H24N4O3S2. The predicted octanol–water partition coefficient (Wildman–Crippen LogP) is 3.82. The average Bonchev–Trinajstić information content (AvgIpc) is 2.74. The van der Waals surface area contributed by atoms with Crippen LogP contribution in [-0.4, -0.2) is 47.9 Å². The van der Waals surface area contributed by atoms with Crippen LogP contribution in [0.2, 0.25) is 0 Å². The number of sulfonamides is 1. The zero-order valence-corrected chi connectivity index (χ0v) is 19.4. The van der Waals surface area contributed by atoms with Gasteiger partial charge in [-0.2, -0.15) is 0 Å². The normalized spacial score (nSPS) is 12.5. The van der Waals surface area contributed by atoms with Gasteiger partial charge in [-0.05, 0) is 44.2 Å². The van der Waals surface area contributed by atoms with Gasteiger partial charge in [-0.15, -0.1) is 0 Å². The van der Waals surface area contributed by atoms with Crippen LogP contribution in [0.3, 0.4) is 0 Å². The summed E-state index contributed by atoms with van der Waals surface area (Å²) in [4.78, 5) is 21.7. The van der Waals surface area contributed by atoms with Gasteiger partial charge >= 0.3 is 0 Å². The summed E-state index contributed by atoms with van der Waals surface area (Å²) in [6.45, 7) is 3.62. The Hall–Kier alpha value is -2.75. The molecule has 0 spiro atoms. The summed E-state index contributed by atoms with van der Waals surface area (Å²) in [6.07, 6.45) is 0. The van der Waals surface area contributed by atoms with Crippen LogP contribution >= 0.6 is 11.8 Å². The van der Waals surface area contributed by atoms with Crippen molar-refractivity contribution in [1.29, 1.82) is 0 Å². The van der Waals surface area contributed by atoms with E-state index in [1.807, 2.05) is 43.3 Å². The van der Waals surface area contributed by atoms with Gasteiger partial charge in [-0.25, -0.2) is 22.7 Å². The summed E-state index contributed by atoms with van der Waals surface area (Å²) in [5.41, 5.74) is 2.32. The van der Waals surface area contributed by atoms with E-state index < -0.39 is 15.3 Å². The molecule has 1 amide bonds. The lowest BCUT2D eigenvalue weighted by Crippen LogP contribution is -2.23. The highest BCUT2D eigenvalue weighted by molar-refractivity contribution is 8.00. The third kappa shape index (κ3) is 5.69. The summed E-state index contributed by atoms with van der Waals surface area (Å²) >= 11 is 1.34. The van der Waals surface area contributed by atoms with Crippen LogP contribution < -0.4 is 5.32 Å². The maximum absolute atomic E-state index is 12.6. The predicted molar refractivity (Wildman–Crippen MR) is 123 cm³/mol. The minimum absolute atomic E-state index is 0.169. The number of aryl methyl sites for hydroxylation is 1. The fourth-order valence-electron chi connectivity index (χ4n) is 2.76. The molecule has 0 fully saturated rings. The molecule has 0 saturated heterocycles. The second kappa shape index (κ2) is 9.59. The number of hydrogen-bond donors (Lipinski definition) is 1. The molecule has 1 aromatic heterocycles. The van der Waals surface area contributed by atoms with E-state index >= 15 is 0 Å². The number of thioether (sulfide) groups is 1. The molecule has 9 heteroatoms. The zero-order valence-electron chi connectivity index (χ0n) is 17.7. The number of hydrogen-bond acceptors (Lipinski definition) is 6. The van der Waals surface area contributed by atoms with E-state index in [1.54, 1.807) is 19.1 Å². The molecule has 0 aliphatic carbocycles. The number of aromatic nitrogens is 2. The summed E-state index contributed by atoms with van der Waals surface area (Å²) in [5, 5.41) is 3.12.